The average molecular weight is 281 g/mol. The lowest BCUT2D eigenvalue weighted by molar-refractivity contribution is -0.00201. The van der Waals surface area contributed by atoms with Crippen molar-refractivity contribution in [3.8, 4) is 0 Å². The van der Waals surface area contributed by atoms with Crippen LogP contribution in [0.4, 0.5) is 10.2 Å². The van der Waals surface area contributed by atoms with Crippen LogP contribution in [0.5, 0.6) is 0 Å². The number of halogens is 1. The Labute approximate surface area is 117 Å². The van der Waals surface area contributed by atoms with E-state index in [1.54, 1.807) is 11.8 Å². The SMILES string of the molecule is CCNc1ncc(F)cc1C(=O)N1CCC(C)(O)CC1. The van der Waals surface area contributed by atoms with Gasteiger partial charge in [-0.25, -0.2) is 9.37 Å². The molecule has 2 heterocycles. The average Bonchev–Trinajstić information content (AvgIpc) is 2.40. The number of carbonyl (C=O) groups is 1. The number of aliphatic hydroxyl groups is 1. The van der Waals surface area contributed by atoms with E-state index < -0.39 is 11.4 Å². The lowest BCUT2D eigenvalue weighted by Gasteiger charge is -2.36. The first-order valence-electron chi connectivity index (χ1n) is 6.84. The van der Waals surface area contributed by atoms with Crippen LogP contribution in [0.25, 0.3) is 0 Å². The Bertz CT molecular complexity index is 495. The smallest absolute Gasteiger partial charge is 0.257 e. The molecular formula is C14H20FN3O2. The molecule has 0 radical (unpaired) electrons. The normalized spacial score (nSPS) is 17.9. The monoisotopic (exact) mass is 281 g/mol. The molecule has 1 aliphatic rings. The minimum atomic E-state index is -0.721. The van der Waals surface area contributed by atoms with Crippen molar-refractivity contribution in [2.75, 3.05) is 25.0 Å². The van der Waals surface area contributed by atoms with Crippen LogP contribution in [0.15, 0.2) is 12.3 Å². The Balaban J connectivity index is 2.18. The van der Waals surface area contributed by atoms with Crippen molar-refractivity contribution >= 4 is 11.7 Å². The van der Waals surface area contributed by atoms with Gasteiger partial charge in [-0.05, 0) is 32.8 Å². The fourth-order valence-corrected chi connectivity index (χ4v) is 2.27. The van der Waals surface area contributed by atoms with Crippen LogP contribution in [0, 0.1) is 5.82 Å². The molecule has 0 aliphatic carbocycles. The molecule has 2 rings (SSSR count). The molecule has 0 bridgehead atoms. The lowest BCUT2D eigenvalue weighted by Crippen LogP contribution is -2.45. The van der Waals surface area contributed by atoms with Gasteiger partial charge in [0.15, 0.2) is 0 Å². The van der Waals surface area contributed by atoms with E-state index in [1.165, 1.54) is 6.07 Å². The van der Waals surface area contributed by atoms with Gasteiger partial charge in [0.25, 0.3) is 5.91 Å². The fraction of sp³-hybridized carbons (Fsp3) is 0.571. The van der Waals surface area contributed by atoms with Gasteiger partial charge >= 0.3 is 0 Å². The molecule has 110 valence electrons. The molecule has 0 saturated carbocycles. The molecule has 0 unspecified atom stereocenters. The highest BCUT2D eigenvalue weighted by Crippen LogP contribution is 2.24. The highest BCUT2D eigenvalue weighted by molar-refractivity contribution is 5.98. The van der Waals surface area contributed by atoms with Crippen molar-refractivity contribution < 1.29 is 14.3 Å². The predicted molar refractivity (Wildman–Crippen MR) is 74.1 cm³/mol. The minimum Gasteiger partial charge on any atom is -0.390 e. The third kappa shape index (κ3) is 3.25. The van der Waals surface area contributed by atoms with Crippen LogP contribution in [-0.4, -0.2) is 46.1 Å². The first-order chi connectivity index (χ1) is 9.43. The maximum absolute atomic E-state index is 13.3. The van der Waals surface area contributed by atoms with E-state index in [0.717, 1.165) is 6.20 Å². The van der Waals surface area contributed by atoms with Crippen LogP contribution in [0.3, 0.4) is 0 Å². The van der Waals surface area contributed by atoms with Gasteiger partial charge in [-0.15, -0.1) is 0 Å². The summed E-state index contributed by atoms with van der Waals surface area (Å²) in [5.41, 5.74) is -0.477. The molecule has 20 heavy (non-hydrogen) atoms. The summed E-state index contributed by atoms with van der Waals surface area (Å²) in [6.07, 6.45) is 2.14. The summed E-state index contributed by atoms with van der Waals surface area (Å²) in [5, 5.41) is 12.9. The number of pyridine rings is 1. The van der Waals surface area contributed by atoms with E-state index in [-0.39, 0.29) is 11.5 Å². The zero-order valence-corrected chi connectivity index (χ0v) is 11.8. The fourth-order valence-electron chi connectivity index (χ4n) is 2.27. The molecule has 1 aromatic rings. The second-order valence-electron chi connectivity index (χ2n) is 5.37. The number of anilines is 1. The molecule has 1 saturated heterocycles. The van der Waals surface area contributed by atoms with E-state index in [2.05, 4.69) is 10.3 Å². The Kier molecular flexibility index (Phi) is 4.23. The van der Waals surface area contributed by atoms with Crippen molar-refractivity contribution in [1.29, 1.82) is 0 Å². The lowest BCUT2D eigenvalue weighted by atomic mass is 9.93. The van der Waals surface area contributed by atoms with Crippen LogP contribution in [0.2, 0.25) is 0 Å². The Morgan fingerprint density at radius 1 is 1.55 bits per heavy atom. The van der Waals surface area contributed by atoms with Gasteiger partial charge in [0.2, 0.25) is 0 Å². The Morgan fingerprint density at radius 3 is 2.80 bits per heavy atom. The van der Waals surface area contributed by atoms with Crippen molar-refractivity contribution in [2.45, 2.75) is 32.3 Å². The molecule has 1 fully saturated rings. The van der Waals surface area contributed by atoms with Gasteiger partial charge in [-0.3, -0.25) is 4.79 Å². The van der Waals surface area contributed by atoms with Crippen LogP contribution < -0.4 is 5.32 Å². The molecule has 0 atom stereocenters. The van der Waals surface area contributed by atoms with Crippen molar-refractivity contribution in [3.05, 3.63) is 23.6 Å². The minimum absolute atomic E-state index is 0.244. The number of nitrogens with zero attached hydrogens (tertiary/aromatic N) is 2. The predicted octanol–water partition coefficient (Wildman–Crippen LogP) is 1.64. The highest BCUT2D eigenvalue weighted by Gasteiger charge is 2.31. The Hall–Kier alpha value is -1.69. The number of likely N-dealkylation sites (tertiary alicyclic amines) is 1. The number of hydrogen-bond donors (Lipinski definition) is 2. The number of hydrogen-bond acceptors (Lipinski definition) is 4. The summed E-state index contributed by atoms with van der Waals surface area (Å²) < 4.78 is 13.3. The van der Waals surface area contributed by atoms with Gasteiger partial charge < -0.3 is 15.3 Å². The highest BCUT2D eigenvalue weighted by atomic mass is 19.1. The summed E-state index contributed by atoms with van der Waals surface area (Å²) >= 11 is 0. The van der Waals surface area contributed by atoms with Crippen molar-refractivity contribution in [1.82, 2.24) is 9.88 Å². The largest absolute Gasteiger partial charge is 0.390 e. The number of piperidine rings is 1. The van der Waals surface area contributed by atoms with E-state index in [9.17, 15) is 14.3 Å². The maximum Gasteiger partial charge on any atom is 0.257 e. The van der Waals surface area contributed by atoms with Gasteiger partial charge in [0.1, 0.15) is 11.6 Å². The van der Waals surface area contributed by atoms with Crippen molar-refractivity contribution in [3.63, 3.8) is 0 Å². The summed E-state index contributed by atoms with van der Waals surface area (Å²) in [4.78, 5) is 18.0. The summed E-state index contributed by atoms with van der Waals surface area (Å²) in [7, 11) is 0. The molecule has 1 aliphatic heterocycles. The van der Waals surface area contributed by atoms with Gasteiger partial charge in [0, 0.05) is 19.6 Å². The summed E-state index contributed by atoms with van der Waals surface area (Å²) in [6, 6.07) is 1.21. The van der Waals surface area contributed by atoms with Gasteiger partial charge in [0.05, 0.1) is 17.4 Å². The summed E-state index contributed by atoms with van der Waals surface area (Å²) in [5.74, 6) is -0.376. The number of aromatic nitrogens is 1. The topological polar surface area (TPSA) is 65.5 Å². The van der Waals surface area contributed by atoms with E-state index in [1.807, 2.05) is 6.92 Å². The third-order valence-electron chi connectivity index (χ3n) is 3.56. The summed E-state index contributed by atoms with van der Waals surface area (Å²) in [6.45, 7) is 5.19. The number of carbonyl (C=O) groups excluding carboxylic acids is 1. The molecular weight excluding hydrogens is 261 g/mol. The second kappa shape index (κ2) is 5.75. The Morgan fingerprint density at radius 2 is 2.20 bits per heavy atom. The second-order valence-corrected chi connectivity index (χ2v) is 5.37. The zero-order valence-electron chi connectivity index (χ0n) is 11.8. The van der Waals surface area contributed by atoms with Crippen LogP contribution in [0.1, 0.15) is 37.0 Å². The quantitative estimate of drug-likeness (QED) is 0.884. The molecule has 6 heteroatoms. The standard InChI is InChI=1S/C14H20FN3O2/c1-3-16-12-11(8-10(15)9-17-12)13(19)18-6-4-14(2,20)5-7-18/h8-9,20H,3-7H2,1-2H3,(H,16,17). The number of amides is 1. The molecule has 2 N–H and O–H groups in total. The van der Waals surface area contributed by atoms with Crippen molar-refractivity contribution in [2.24, 2.45) is 0 Å². The maximum atomic E-state index is 13.3. The first kappa shape index (κ1) is 14.7. The number of rotatable bonds is 3. The van der Waals surface area contributed by atoms with Gasteiger partial charge in [-0.1, -0.05) is 0 Å². The van der Waals surface area contributed by atoms with Gasteiger partial charge in [-0.2, -0.15) is 0 Å². The molecule has 1 aromatic heterocycles. The van der Waals surface area contributed by atoms with E-state index in [4.69, 9.17) is 0 Å². The van der Waals surface area contributed by atoms with Crippen LogP contribution in [-0.2, 0) is 0 Å². The number of nitrogens with one attached hydrogen (secondary N) is 1. The molecule has 1 amide bonds. The molecule has 0 aromatic carbocycles. The van der Waals surface area contributed by atoms with E-state index >= 15 is 0 Å². The van der Waals surface area contributed by atoms with Crippen LogP contribution >= 0.6 is 0 Å². The van der Waals surface area contributed by atoms with E-state index in [0.29, 0.717) is 38.3 Å². The zero-order chi connectivity index (χ0) is 14.8. The molecule has 5 nitrogen and oxygen atoms in total. The molecule has 0 spiro atoms. The first-order valence-corrected chi connectivity index (χ1v) is 6.84. The third-order valence-corrected chi connectivity index (χ3v) is 3.56.